The van der Waals surface area contributed by atoms with Crippen molar-refractivity contribution in [2.45, 2.75) is 63.8 Å². The van der Waals surface area contributed by atoms with Crippen LogP contribution in [0.25, 0.3) is 0 Å². The number of carbonyl (C=O) groups excluding carboxylic acids is 4. The predicted molar refractivity (Wildman–Crippen MR) is 116 cm³/mol. The first-order valence-electron chi connectivity index (χ1n) is 11.5. The Hall–Kier alpha value is -2.16. The zero-order chi connectivity index (χ0) is 23.7. The van der Waals surface area contributed by atoms with Gasteiger partial charge >= 0.3 is 18.0 Å². The van der Waals surface area contributed by atoms with Gasteiger partial charge < -0.3 is 20.1 Å². The van der Waals surface area contributed by atoms with Gasteiger partial charge in [-0.05, 0) is 76.2 Å². The van der Waals surface area contributed by atoms with E-state index in [1.807, 2.05) is 0 Å². The second-order valence-electron chi connectivity index (χ2n) is 10.2. The molecule has 4 aliphatic rings. The van der Waals surface area contributed by atoms with Crippen molar-refractivity contribution in [1.29, 1.82) is 0 Å². The molecular weight excluding hydrogens is 414 g/mol. The van der Waals surface area contributed by atoms with E-state index in [1.54, 1.807) is 14.1 Å². The SMILES string of the molecule is COC(=O)[C@H](CCCCN)N(C(=O)N(C)C)C(=O)C12CC3CC(CC(C(=O)OC)(C3)C1)C2. The van der Waals surface area contributed by atoms with E-state index in [0.29, 0.717) is 45.1 Å². The molecule has 4 rings (SSSR count). The molecule has 2 N–H and O–H groups in total. The summed E-state index contributed by atoms with van der Waals surface area (Å²) in [6.07, 6.45) is 5.63. The maximum atomic E-state index is 14.2. The highest BCUT2D eigenvalue weighted by atomic mass is 16.5. The van der Waals surface area contributed by atoms with Gasteiger partial charge in [0.2, 0.25) is 5.91 Å². The van der Waals surface area contributed by atoms with Gasteiger partial charge in [0.1, 0.15) is 6.04 Å². The van der Waals surface area contributed by atoms with Crippen LogP contribution >= 0.6 is 0 Å². The van der Waals surface area contributed by atoms with Gasteiger partial charge in [-0.1, -0.05) is 0 Å². The third kappa shape index (κ3) is 4.23. The van der Waals surface area contributed by atoms with E-state index in [0.717, 1.165) is 24.2 Å². The smallest absolute Gasteiger partial charge is 0.329 e. The summed E-state index contributed by atoms with van der Waals surface area (Å²) in [6.45, 7) is 0.457. The van der Waals surface area contributed by atoms with Crippen LogP contribution in [0.4, 0.5) is 4.79 Å². The van der Waals surface area contributed by atoms with E-state index in [2.05, 4.69) is 0 Å². The molecule has 32 heavy (non-hydrogen) atoms. The van der Waals surface area contributed by atoms with Crippen LogP contribution in [0.2, 0.25) is 0 Å². The number of imide groups is 1. The second kappa shape index (κ2) is 9.37. The maximum Gasteiger partial charge on any atom is 0.329 e. The topological polar surface area (TPSA) is 119 Å². The number of esters is 2. The highest BCUT2D eigenvalue weighted by Crippen LogP contribution is 2.66. The minimum atomic E-state index is -1.02. The third-order valence-corrected chi connectivity index (χ3v) is 7.66. The minimum absolute atomic E-state index is 0.240. The molecule has 3 amide bonds. The van der Waals surface area contributed by atoms with Crippen LogP contribution in [0.3, 0.4) is 0 Å². The van der Waals surface area contributed by atoms with Crippen LogP contribution < -0.4 is 5.73 Å². The largest absolute Gasteiger partial charge is 0.469 e. The molecule has 0 aromatic heterocycles. The number of ether oxygens (including phenoxy) is 2. The summed E-state index contributed by atoms with van der Waals surface area (Å²) in [5.74, 6) is -0.754. The molecular formula is C23H37N3O6. The average Bonchev–Trinajstić information content (AvgIpc) is 2.75. The molecule has 0 spiro atoms. The van der Waals surface area contributed by atoms with Crippen LogP contribution in [0.1, 0.15) is 57.8 Å². The molecule has 2 unspecified atom stereocenters. The molecule has 4 fully saturated rings. The number of methoxy groups -OCH3 is 2. The van der Waals surface area contributed by atoms with Crippen molar-refractivity contribution in [3.8, 4) is 0 Å². The normalized spacial score (nSPS) is 31.0. The molecule has 9 nitrogen and oxygen atoms in total. The predicted octanol–water partition coefficient (Wildman–Crippen LogP) is 1.93. The Morgan fingerprint density at radius 2 is 1.56 bits per heavy atom. The van der Waals surface area contributed by atoms with Crippen molar-refractivity contribution in [2.75, 3.05) is 34.9 Å². The summed E-state index contributed by atoms with van der Waals surface area (Å²) in [7, 11) is 5.78. The molecule has 0 saturated heterocycles. The fraction of sp³-hybridized carbons (Fsp3) is 0.826. The van der Waals surface area contributed by atoms with E-state index in [4.69, 9.17) is 15.2 Å². The molecule has 0 aliphatic heterocycles. The minimum Gasteiger partial charge on any atom is -0.469 e. The van der Waals surface area contributed by atoms with Gasteiger partial charge in [-0.15, -0.1) is 0 Å². The zero-order valence-electron chi connectivity index (χ0n) is 19.7. The number of nitrogens with two attached hydrogens (primary N) is 1. The Bertz CT molecular complexity index is 753. The molecule has 4 aliphatic carbocycles. The molecule has 3 atom stereocenters. The summed E-state index contributed by atoms with van der Waals surface area (Å²) in [5.41, 5.74) is 4.09. The van der Waals surface area contributed by atoms with Crippen molar-refractivity contribution in [2.24, 2.45) is 28.4 Å². The monoisotopic (exact) mass is 451 g/mol. The molecule has 0 radical (unpaired) electrons. The average molecular weight is 452 g/mol. The number of nitrogens with zero attached hydrogens (tertiary/aromatic N) is 2. The lowest BCUT2D eigenvalue weighted by Gasteiger charge is -2.60. The van der Waals surface area contributed by atoms with Gasteiger partial charge in [-0.3, -0.25) is 9.59 Å². The Morgan fingerprint density at radius 1 is 0.969 bits per heavy atom. The highest BCUT2D eigenvalue weighted by molar-refractivity contribution is 6.01. The Kier molecular flexibility index (Phi) is 7.17. The molecule has 4 bridgehead atoms. The van der Waals surface area contributed by atoms with E-state index in [1.165, 1.54) is 19.1 Å². The summed E-state index contributed by atoms with van der Waals surface area (Å²) in [6, 6.07) is -1.56. The molecule has 4 saturated carbocycles. The van der Waals surface area contributed by atoms with E-state index in [9.17, 15) is 19.2 Å². The molecule has 0 heterocycles. The second-order valence-corrected chi connectivity index (χ2v) is 10.2. The van der Waals surface area contributed by atoms with Crippen molar-refractivity contribution >= 4 is 23.9 Å². The summed E-state index contributed by atoms with van der Waals surface area (Å²) in [4.78, 5) is 55.4. The van der Waals surface area contributed by atoms with Crippen molar-refractivity contribution < 1.29 is 28.7 Å². The van der Waals surface area contributed by atoms with Gasteiger partial charge in [0.05, 0.1) is 25.0 Å². The lowest BCUT2D eigenvalue weighted by molar-refractivity contribution is -0.186. The van der Waals surface area contributed by atoms with Gasteiger partial charge in [0, 0.05) is 14.1 Å². The van der Waals surface area contributed by atoms with Gasteiger partial charge in [-0.2, -0.15) is 0 Å². The van der Waals surface area contributed by atoms with Crippen molar-refractivity contribution in [3.63, 3.8) is 0 Å². The summed E-state index contributed by atoms with van der Waals surface area (Å²) < 4.78 is 10.1. The Labute approximate surface area is 189 Å². The lowest BCUT2D eigenvalue weighted by Crippen LogP contribution is -2.63. The van der Waals surface area contributed by atoms with Crippen LogP contribution in [-0.4, -0.2) is 74.6 Å². The first kappa shape index (κ1) is 24.5. The number of urea groups is 1. The molecule has 180 valence electrons. The van der Waals surface area contributed by atoms with E-state index < -0.39 is 28.9 Å². The number of amides is 3. The van der Waals surface area contributed by atoms with Crippen molar-refractivity contribution in [3.05, 3.63) is 0 Å². The summed E-state index contributed by atoms with van der Waals surface area (Å²) in [5, 5.41) is 0. The van der Waals surface area contributed by atoms with Gasteiger partial charge in [-0.25, -0.2) is 14.5 Å². The number of carbonyl (C=O) groups is 4. The Morgan fingerprint density at radius 3 is 2.06 bits per heavy atom. The first-order valence-corrected chi connectivity index (χ1v) is 11.5. The number of hydrogen-bond acceptors (Lipinski definition) is 7. The molecule has 0 aromatic carbocycles. The highest BCUT2D eigenvalue weighted by Gasteiger charge is 2.65. The van der Waals surface area contributed by atoms with Crippen molar-refractivity contribution in [1.82, 2.24) is 9.80 Å². The van der Waals surface area contributed by atoms with Crippen LogP contribution in [0, 0.1) is 22.7 Å². The maximum absolute atomic E-state index is 14.2. The van der Waals surface area contributed by atoms with E-state index >= 15 is 0 Å². The van der Waals surface area contributed by atoms with Crippen LogP contribution in [0.5, 0.6) is 0 Å². The molecule has 9 heteroatoms. The first-order chi connectivity index (χ1) is 15.1. The zero-order valence-corrected chi connectivity index (χ0v) is 19.7. The third-order valence-electron chi connectivity index (χ3n) is 7.66. The van der Waals surface area contributed by atoms with Gasteiger partial charge in [0.15, 0.2) is 0 Å². The fourth-order valence-corrected chi connectivity index (χ4v) is 6.77. The van der Waals surface area contributed by atoms with Gasteiger partial charge in [0.25, 0.3) is 0 Å². The number of unbranched alkanes of at least 4 members (excludes halogenated alkanes) is 1. The summed E-state index contributed by atoms with van der Waals surface area (Å²) >= 11 is 0. The number of hydrogen-bond donors (Lipinski definition) is 1. The lowest BCUT2D eigenvalue weighted by atomic mass is 9.44. The van der Waals surface area contributed by atoms with Crippen LogP contribution in [0.15, 0.2) is 0 Å². The Balaban J connectivity index is 1.99. The van der Waals surface area contributed by atoms with Crippen LogP contribution in [-0.2, 0) is 23.9 Å². The number of rotatable bonds is 8. The fourth-order valence-electron chi connectivity index (χ4n) is 6.77. The van der Waals surface area contributed by atoms with E-state index in [-0.39, 0.29) is 23.7 Å². The quantitative estimate of drug-likeness (QED) is 0.442. The standard InChI is InChI=1S/C23H37N3O6/c1-25(2)21(30)26(17(18(27)31-3)7-5-6-8-24)19(28)22-10-15-9-16(11-22)13-23(12-15,14-22)20(29)32-4/h15-17H,5-14,24H2,1-4H3/t15?,16?,17-,22?,23?/m0/s1. The molecule has 0 aromatic rings.